The van der Waals surface area contributed by atoms with Crippen LogP contribution in [0.2, 0.25) is 0 Å². The smallest absolute Gasteiger partial charge is 0.305 e. The van der Waals surface area contributed by atoms with Gasteiger partial charge in [-0.15, -0.1) is 0 Å². The number of thiazole rings is 1. The predicted molar refractivity (Wildman–Crippen MR) is 62.1 cm³/mol. The van der Waals surface area contributed by atoms with E-state index in [-0.39, 0.29) is 17.2 Å². The van der Waals surface area contributed by atoms with Gasteiger partial charge in [-0.1, -0.05) is 11.3 Å². The quantitative estimate of drug-likeness (QED) is 0.806. The van der Waals surface area contributed by atoms with Crippen molar-refractivity contribution in [2.45, 2.75) is 32.1 Å². The van der Waals surface area contributed by atoms with Gasteiger partial charge in [0.25, 0.3) is 0 Å². The molecule has 0 saturated carbocycles. The van der Waals surface area contributed by atoms with E-state index in [0.29, 0.717) is 0 Å². The maximum atomic E-state index is 11.7. The Morgan fingerprint density at radius 1 is 1.40 bits per heavy atom. The summed E-state index contributed by atoms with van der Waals surface area (Å²) in [7, 11) is -3.15. The number of aromatic nitrogens is 1. The fourth-order valence-electron chi connectivity index (χ4n) is 0.981. The molecule has 0 amide bonds. The molecular weight excluding hydrogens is 234 g/mol. The van der Waals surface area contributed by atoms with Gasteiger partial charge in [0.2, 0.25) is 0 Å². The number of nitrogens with zero attached hydrogens (tertiary/aromatic N) is 1. The molecule has 1 rings (SSSR count). The summed E-state index contributed by atoms with van der Waals surface area (Å²) < 4.78 is 24.2. The average molecular weight is 249 g/mol. The highest BCUT2D eigenvalue weighted by Crippen LogP contribution is 2.15. The fourth-order valence-corrected chi connectivity index (χ4v) is 2.64. The SMILES string of the molecule is CC(C)(C)S(=O)(=O)CCn1ccsc1=O. The third kappa shape index (κ3) is 2.92. The van der Waals surface area contributed by atoms with Crippen molar-refractivity contribution in [2.75, 3.05) is 5.75 Å². The van der Waals surface area contributed by atoms with Crippen molar-refractivity contribution in [1.82, 2.24) is 4.57 Å². The van der Waals surface area contributed by atoms with Gasteiger partial charge in [-0.05, 0) is 20.8 Å². The van der Waals surface area contributed by atoms with Crippen molar-refractivity contribution in [2.24, 2.45) is 0 Å². The lowest BCUT2D eigenvalue weighted by Gasteiger charge is -2.18. The van der Waals surface area contributed by atoms with Crippen LogP contribution >= 0.6 is 11.3 Å². The highest BCUT2D eigenvalue weighted by molar-refractivity contribution is 7.92. The van der Waals surface area contributed by atoms with Crippen LogP contribution in [-0.2, 0) is 16.4 Å². The Morgan fingerprint density at radius 3 is 2.40 bits per heavy atom. The normalized spacial score (nSPS) is 13.0. The molecule has 0 aliphatic carbocycles. The van der Waals surface area contributed by atoms with Crippen LogP contribution in [0.3, 0.4) is 0 Å². The number of aryl methyl sites for hydroxylation is 1. The second kappa shape index (κ2) is 4.09. The van der Waals surface area contributed by atoms with Gasteiger partial charge < -0.3 is 4.57 Å². The molecule has 0 radical (unpaired) electrons. The summed E-state index contributed by atoms with van der Waals surface area (Å²) in [6.45, 7) is 5.23. The van der Waals surface area contributed by atoms with E-state index in [4.69, 9.17) is 0 Å². The molecule has 0 atom stereocenters. The van der Waals surface area contributed by atoms with Crippen molar-refractivity contribution in [3.63, 3.8) is 0 Å². The lowest BCUT2D eigenvalue weighted by Crippen LogP contribution is -2.32. The Hall–Kier alpha value is -0.620. The van der Waals surface area contributed by atoms with E-state index in [2.05, 4.69) is 0 Å². The van der Waals surface area contributed by atoms with Crippen LogP contribution in [0.25, 0.3) is 0 Å². The minimum atomic E-state index is -3.15. The van der Waals surface area contributed by atoms with Crippen LogP contribution in [0, 0.1) is 0 Å². The van der Waals surface area contributed by atoms with Gasteiger partial charge in [-0.25, -0.2) is 8.42 Å². The van der Waals surface area contributed by atoms with Gasteiger partial charge in [0.1, 0.15) is 0 Å². The van der Waals surface area contributed by atoms with Crippen molar-refractivity contribution in [3.8, 4) is 0 Å². The van der Waals surface area contributed by atoms with Crippen molar-refractivity contribution < 1.29 is 8.42 Å². The van der Waals surface area contributed by atoms with E-state index in [0.717, 1.165) is 11.3 Å². The molecule has 4 nitrogen and oxygen atoms in total. The standard InChI is InChI=1S/C9H15NO3S2/c1-9(2,3)15(12,13)7-5-10-4-6-14-8(10)11/h4,6H,5,7H2,1-3H3. The third-order valence-corrected chi connectivity index (χ3v) is 5.46. The third-order valence-electron chi connectivity index (χ3n) is 2.18. The fraction of sp³-hybridized carbons (Fsp3) is 0.667. The topological polar surface area (TPSA) is 56.1 Å². The van der Waals surface area contributed by atoms with E-state index in [9.17, 15) is 13.2 Å². The van der Waals surface area contributed by atoms with Gasteiger partial charge in [-0.2, -0.15) is 0 Å². The Morgan fingerprint density at radius 2 is 2.00 bits per heavy atom. The molecule has 0 aromatic carbocycles. The first kappa shape index (κ1) is 12.4. The number of hydrogen-bond acceptors (Lipinski definition) is 4. The number of hydrogen-bond donors (Lipinski definition) is 0. The molecule has 0 aliphatic heterocycles. The molecule has 0 aliphatic rings. The zero-order chi connectivity index (χ0) is 11.7. The molecule has 15 heavy (non-hydrogen) atoms. The summed E-state index contributed by atoms with van der Waals surface area (Å²) in [6, 6.07) is 0. The molecule has 86 valence electrons. The highest BCUT2D eigenvalue weighted by Gasteiger charge is 2.28. The van der Waals surface area contributed by atoms with E-state index in [1.54, 1.807) is 32.3 Å². The summed E-state index contributed by atoms with van der Waals surface area (Å²) in [5.41, 5.74) is 0. The predicted octanol–water partition coefficient (Wildman–Crippen LogP) is 1.12. The molecule has 6 heteroatoms. The van der Waals surface area contributed by atoms with Crippen LogP contribution in [0.1, 0.15) is 20.8 Å². The van der Waals surface area contributed by atoms with Gasteiger partial charge in [0, 0.05) is 18.1 Å². The van der Waals surface area contributed by atoms with E-state index >= 15 is 0 Å². The Labute approximate surface area is 93.5 Å². The molecule has 1 aromatic heterocycles. The van der Waals surface area contributed by atoms with E-state index in [1.807, 2.05) is 0 Å². The summed E-state index contributed by atoms with van der Waals surface area (Å²) in [5.74, 6) is 0.00708. The molecule has 1 aromatic rings. The molecule has 1 heterocycles. The largest absolute Gasteiger partial charge is 0.307 e. The van der Waals surface area contributed by atoms with Gasteiger partial charge >= 0.3 is 4.87 Å². The van der Waals surface area contributed by atoms with Crippen LogP contribution in [0.4, 0.5) is 0 Å². The van der Waals surface area contributed by atoms with Crippen molar-refractivity contribution in [3.05, 3.63) is 21.2 Å². The summed E-state index contributed by atoms with van der Waals surface area (Å²) in [5, 5.41) is 1.66. The zero-order valence-electron chi connectivity index (χ0n) is 9.06. The van der Waals surface area contributed by atoms with Crippen LogP contribution < -0.4 is 4.87 Å². The Kier molecular flexibility index (Phi) is 3.40. The molecule has 0 fully saturated rings. The molecule has 0 unspecified atom stereocenters. The van der Waals surface area contributed by atoms with Gasteiger partial charge in [0.05, 0.1) is 10.5 Å². The molecule has 0 spiro atoms. The first-order valence-corrected chi connectivity index (χ1v) is 7.13. The van der Waals surface area contributed by atoms with E-state index in [1.165, 1.54) is 4.57 Å². The lowest BCUT2D eigenvalue weighted by molar-refractivity contribution is 0.553. The number of sulfone groups is 1. The average Bonchev–Trinajstić information content (AvgIpc) is 2.46. The second-order valence-electron chi connectivity index (χ2n) is 4.29. The lowest BCUT2D eigenvalue weighted by atomic mass is 10.3. The zero-order valence-corrected chi connectivity index (χ0v) is 10.7. The minimum Gasteiger partial charge on any atom is -0.305 e. The highest BCUT2D eigenvalue weighted by atomic mass is 32.2. The summed E-state index contributed by atoms with van der Waals surface area (Å²) in [6.07, 6.45) is 1.62. The minimum absolute atomic E-state index is 0.00708. The first-order valence-electron chi connectivity index (χ1n) is 4.60. The van der Waals surface area contributed by atoms with Crippen LogP contribution in [0.15, 0.2) is 16.4 Å². The molecular formula is C9H15NO3S2. The molecule has 0 bridgehead atoms. The van der Waals surface area contributed by atoms with Crippen LogP contribution in [0.5, 0.6) is 0 Å². The Balaban J connectivity index is 2.75. The Bertz CT molecular complexity index is 476. The summed E-state index contributed by atoms with van der Waals surface area (Å²) in [4.78, 5) is 11.1. The number of rotatable bonds is 3. The first-order chi connectivity index (χ1) is 6.74. The van der Waals surface area contributed by atoms with Crippen LogP contribution in [-0.4, -0.2) is 23.5 Å². The maximum Gasteiger partial charge on any atom is 0.307 e. The monoisotopic (exact) mass is 249 g/mol. The maximum absolute atomic E-state index is 11.7. The van der Waals surface area contributed by atoms with E-state index < -0.39 is 14.6 Å². The molecule has 0 saturated heterocycles. The van der Waals surface area contributed by atoms with Gasteiger partial charge in [-0.3, -0.25) is 4.79 Å². The van der Waals surface area contributed by atoms with Gasteiger partial charge in [0.15, 0.2) is 9.84 Å². The van der Waals surface area contributed by atoms with Crippen molar-refractivity contribution in [1.29, 1.82) is 0 Å². The second-order valence-corrected chi connectivity index (χ2v) is 8.01. The molecule has 0 N–H and O–H groups in total. The van der Waals surface area contributed by atoms with Crippen molar-refractivity contribution >= 4 is 21.2 Å². The summed E-state index contributed by atoms with van der Waals surface area (Å²) >= 11 is 1.08.